The van der Waals surface area contributed by atoms with Crippen molar-refractivity contribution >= 4 is 40.3 Å². The van der Waals surface area contributed by atoms with Gasteiger partial charge in [0.1, 0.15) is 4.32 Å². The van der Waals surface area contributed by atoms with E-state index < -0.39 is 0 Å². The molecule has 4 heteroatoms. The lowest BCUT2D eigenvalue weighted by molar-refractivity contribution is -0.124. The second-order valence-corrected chi connectivity index (χ2v) is 7.43. The van der Waals surface area contributed by atoms with E-state index in [1.807, 2.05) is 23.1 Å². The van der Waals surface area contributed by atoms with Crippen LogP contribution in [0.1, 0.15) is 43.2 Å². The van der Waals surface area contributed by atoms with Crippen LogP contribution in [-0.2, 0) is 4.79 Å². The second-order valence-electron chi connectivity index (χ2n) is 5.75. The number of aryl methyl sites for hydroxylation is 1. The fraction of sp³-hybridized carbons (Fsp3) is 0.412. The van der Waals surface area contributed by atoms with Gasteiger partial charge in [0.25, 0.3) is 5.91 Å². The SMILES string of the molecule is Cc1ccc(/C=C2\SC(=S)N(C3CCCCC3)C2=O)cc1. The van der Waals surface area contributed by atoms with Crippen molar-refractivity contribution in [2.45, 2.75) is 45.1 Å². The third-order valence-electron chi connectivity index (χ3n) is 4.14. The van der Waals surface area contributed by atoms with Gasteiger partial charge >= 0.3 is 0 Å². The molecule has 1 aromatic rings. The minimum absolute atomic E-state index is 0.0949. The minimum atomic E-state index is 0.0949. The molecule has 0 spiro atoms. The monoisotopic (exact) mass is 317 g/mol. The number of nitrogens with zero attached hydrogens (tertiary/aromatic N) is 1. The standard InChI is InChI=1S/C17H19NOS2/c1-12-7-9-13(10-8-12)11-15-16(19)18(17(20)21-15)14-5-3-2-4-6-14/h7-11,14H,2-6H2,1H3/b15-11-. The second kappa shape index (κ2) is 6.32. The first-order chi connectivity index (χ1) is 10.1. The zero-order valence-electron chi connectivity index (χ0n) is 12.2. The number of carbonyl (C=O) groups excluding carboxylic acids is 1. The van der Waals surface area contributed by atoms with E-state index in [0.29, 0.717) is 6.04 Å². The highest BCUT2D eigenvalue weighted by molar-refractivity contribution is 8.26. The van der Waals surface area contributed by atoms with Gasteiger partial charge in [-0.15, -0.1) is 0 Å². The Labute approximate surface area is 135 Å². The Balaban J connectivity index is 1.80. The topological polar surface area (TPSA) is 20.3 Å². The Morgan fingerprint density at radius 2 is 1.86 bits per heavy atom. The van der Waals surface area contributed by atoms with Gasteiger partial charge in [0, 0.05) is 6.04 Å². The first-order valence-corrected chi connectivity index (χ1v) is 8.71. The summed E-state index contributed by atoms with van der Waals surface area (Å²) in [4.78, 5) is 15.3. The van der Waals surface area contributed by atoms with Gasteiger partial charge in [-0.3, -0.25) is 9.69 Å². The molecule has 1 saturated heterocycles. The Bertz CT molecular complexity index is 585. The van der Waals surface area contributed by atoms with Gasteiger partial charge in [-0.1, -0.05) is 73.1 Å². The molecule has 0 atom stereocenters. The third-order valence-corrected chi connectivity index (χ3v) is 5.47. The van der Waals surface area contributed by atoms with E-state index in [4.69, 9.17) is 12.2 Å². The summed E-state index contributed by atoms with van der Waals surface area (Å²) in [6.45, 7) is 2.06. The van der Waals surface area contributed by atoms with Gasteiger partial charge < -0.3 is 0 Å². The van der Waals surface area contributed by atoms with Crippen molar-refractivity contribution in [3.05, 3.63) is 40.3 Å². The van der Waals surface area contributed by atoms with E-state index in [1.54, 1.807) is 0 Å². The maximum absolute atomic E-state index is 12.6. The van der Waals surface area contributed by atoms with Crippen LogP contribution in [0.4, 0.5) is 0 Å². The molecule has 1 heterocycles. The van der Waals surface area contributed by atoms with Crippen molar-refractivity contribution in [3.63, 3.8) is 0 Å². The summed E-state index contributed by atoms with van der Waals surface area (Å²) in [7, 11) is 0. The smallest absolute Gasteiger partial charge is 0.266 e. The van der Waals surface area contributed by atoms with Crippen LogP contribution in [0.15, 0.2) is 29.2 Å². The molecule has 21 heavy (non-hydrogen) atoms. The molecule has 0 bridgehead atoms. The summed E-state index contributed by atoms with van der Waals surface area (Å²) in [6, 6.07) is 8.53. The zero-order chi connectivity index (χ0) is 14.8. The molecule has 0 radical (unpaired) electrons. The van der Waals surface area contributed by atoms with Crippen molar-refractivity contribution in [1.29, 1.82) is 0 Å². The lowest BCUT2D eigenvalue weighted by Crippen LogP contribution is -2.39. The van der Waals surface area contributed by atoms with Crippen LogP contribution in [0, 0.1) is 6.92 Å². The van der Waals surface area contributed by atoms with Crippen molar-refractivity contribution in [3.8, 4) is 0 Å². The Hall–Kier alpha value is -1.13. The number of benzene rings is 1. The largest absolute Gasteiger partial charge is 0.290 e. The number of hydrogen-bond acceptors (Lipinski definition) is 3. The third kappa shape index (κ3) is 3.22. The first-order valence-electron chi connectivity index (χ1n) is 7.49. The molecule has 1 aliphatic carbocycles. The molecular formula is C17H19NOS2. The molecule has 1 amide bonds. The predicted molar refractivity (Wildman–Crippen MR) is 93.1 cm³/mol. The average molecular weight is 317 g/mol. The zero-order valence-corrected chi connectivity index (χ0v) is 13.8. The number of amides is 1. The van der Waals surface area contributed by atoms with Crippen LogP contribution < -0.4 is 0 Å². The molecule has 2 fully saturated rings. The molecule has 2 nitrogen and oxygen atoms in total. The van der Waals surface area contributed by atoms with Gasteiger partial charge in [-0.2, -0.15) is 0 Å². The maximum atomic E-state index is 12.6. The molecule has 1 aromatic carbocycles. The maximum Gasteiger partial charge on any atom is 0.266 e. The van der Waals surface area contributed by atoms with Crippen LogP contribution in [-0.4, -0.2) is 21.2 Å². The van der Waals surface area contributed by atoms with Crippen molar-refractivity contribution in [1.82, 2.24) is 4.90 Å². The molecule has 0 aromatic heterocycles. The first kappa shape index (κ1) is 14.8. The summed E-state index contributed by atoms with van der Waals surface area (Å²) in [5.41, 5.74) is 2.28. The Morgan fingerprint density at radius 3 is 2.52 bits per heavy atom. The van der Waals surface area contributed by atoms with Crippen LogP contribution in [0.25, 0.3) is 6.08 Å². The van der Waals surface area contributed by atoms with E-state index in [2.05, 4.69) is 19.1 Å². The van der Waals surface area contributed by atoms with Crippen molar-refractivity contribution < 1.29 is 4.79 Å². The van der Waals surface area contributed by atoms with Crippen LogP contribution in [0.5, 0.6) is 0 Å². The summed E-state index contributed by atoms with van der Waals surface area (Å²) < 4.78 is 0.727. The van der Waals surface area contributed by atoms with Crippen LogP contribution >= 0.6 is 24.0 Å². The minimum Gasteiger partial charge on any atom is -0.290 e. The quantitative estimate of drug-likeness (QED) is 0.590. The normalized spacial score (nSPS) is 22.3. The average Bonchev–Trinajstić information content (AvgIpc) is 2.77. The lowest BCUT2D eigenvalue weighted by Gasteiger charge is -2.29. The molecule has 110 valence electrons. The van der Waals surface area contributed by atoms with E-state index in [1.165, 1.54) is 36.6 Å². The molecule has 0 unspecified atom stereocenters. The number of thioether (sulfide) groups is 1. The van der Waals surface area contributed by atoms with E-state index >= 15 is 0 Å². The van der Waals surface area contributed by atoms with Crippen molar-refractivity contribution in [2.24, 2.45) is 0 Å². The van der Waals surface area contributed by atoms with Gasteiger partial charge in [0.15, 0.2) is 0 Å². The Morgan fingerprint density at radius 1 is 1.19 bits per heavy atom. The molecule has 1 aliphatic heterocycles. The predicted octanol–water partition coefficient (Wildman–Crippen LogP) is 4.53. The fourth-order valence-corrected chi connectivity index (χ4v) is 4.35. The highest BCUT2D eigenvalue weighted by atomic mass is 32.2. The molecule has 1 saturated carbocycles. The number of hydrogen-bond donors (Lipinski definition) is 0. The van der Waals surface area contributed by atoms with E-state index in [-0.39, 0.29) is 5.91 Å². The van der Waals surface area contributed by atoms with Crippen LogP contribution in [0.2, 0.25) is 0 Å². The van der Waals surface area contributed by atoms with E-state index in [9.17, 15) is 4.79 Å². The molecule has 3 rings (SSSR count). The molecule has 2 aliphatic rings. The number of thiocarbonyl (C=S) groups is 1. The summed E-state index contributed by atoms with van der Waals surface area (Å²) >= 11 is 6.88. The van der Waals surface area contributed by atoms with Gasteiger partial charge in [-0.25, -0.2) is 0 Å². The number of rotatable bonds is 2. The fourth-order valence-electron chi connectivity index (χ4n) is 2.95. The van der Waals surface area contributed by atoms with Crippen LogP contribution in [0.3, 0.4) is 0 Å². The number of carbonyl (C=O) groups is 1. The van der Waals surface area contributed by atoms with Gasteiger partial charge in [-0.05, 0) is 31.4 Å². The Kier molecular flexibility index (Phi) is 4.45. The summed E-state index contributed by atoms with van der Waals surface area (Å²) in [5.74, 6) is 0.0949. The van der Waals surface area contributed by atoms with Gasteiger partial charge in [0.05, 0.1) is 4.91 Å². The summed E-state index contributed by atoms with van der Waals surface area (Å²) in [5, 5.41) is 0. The molecular weight excluding hydrogens is 298 g/mol. The highest BCUT2D eigenvalue weighted by Gasteiger charge is 2.37. The van der Waals surface area contributed by atoms with Gasteiger partial charge in [0.2, 0.25) is 0 Å². The highest BCUT2D eigenvalue weighted by Crippen LogP contribution is 2.37. The lowest BCUT2D eigenvalue weighted by atomic mass is 9.94. The summed E-state index contributed by atoms with van der Waals surface area (Å²) in [6.07, 6.45) is 7.83. The molecule has 0 N–H and O–H groups in total. The van der Waals surface area contributed by atoms with Crippen molar-refractivity contribution in [2.75, 3.05) is 0 Å². The van der Waals surface area contributed by atoms with E-state index in [0.717, 1.165) is 27.6 Å².